The van der Waals surface area contributed by atoms with E-state index in [4.69, 9.17) is 16.9 Å². The molecule has 0 aromatic heterocycles. The van der Waals surface area contributed by atoms with E-state index in [1.54, 1.807) is 23.1 Å². The molecule has 1 aliphatic heterocycles. The average molecular weight is 341 g/mol. The first kappa shape index (κ1) is 16.5. The lowest BCUT2D eigenvalue weighted by Gasteiger charge is -2.23. The summed E-state index contributed by atoms with van der Waals surface area (Å²) in [5.74, 6) is -0.614. The predicted molar refractivity (Wildman–Crippen MR) is 92.8 cm³/mol. The molecule has 0 saturated carbocycles. The minimum absolute atomic E-state index is 0.125. The van der Waals surface area contributed by atoms with Crippen molar-refractivity contribution in [2.75, 3.05) is 4.90 Å². The highest BCUT2D eigenvalue weighted by molar-refractivity contribution is 6.32. The minimum Gasteiger partial charge on any atom is -0.390 e. The second-order valence-corrected chi connectivity index (χ2v) is 6.42. The number of halogens is 1. The van der Waals surface area contributed by atoms with Crippen molar-refractivity contribution in [3.05, 3.63) is 64.7 Å². The van der Waals surface area contributed by atoms with Gasteiger partial charge >= 0.3 is 0 Å². The van der Waals surface area contributed by atoms with Gasteiger partial charge < -0.3 is 10.0 Å². The Morgan fingerprint density at radius 3 is 2.58 bits per heavy atom. The molecule has 4 nitrogen and oxygen atoms in total. The molecule has 24 heavy (non-hydrogen) atoms. The van der Waals surface area contributed by atoms with Crippen molar-refractivity contribution >= 4 is 23.2 Å². The first-order valence-electron chi connectivity index (χ1n) is 7.77. The number of rotatable bonds is 3. The molecule has 0 bridgehead atoms. The summed E-state index contributed by atoms with van der Waals surface area (Å²) < 4.78 is 0. The van der Waals surface area contributed by atoms with E-state index in [1.165, 1.54) is 0 Å². The maximum atomic E-state index is 12.9. The van der Waals surface area contributed by atoms with Crippen molar-refractivity contribution in [3.8, 4) is 6.07 Å². The predicted octanol–water partition coefficient (Wildman–Crippen LogP) is 3.17. The summed E-state index contributed by atoms with van der Waals surface area (Å²) in [6, 6.07) is 16.2. The molecule has 1 heterocycles. The number of amides is 1. The molecule has 3 rings (SSSR count). The number of nitriles is 1. The van der Waals surface area contributed by atoms with E-state index in [9.17, 15) is 9.90 Å². The molecule has 1 amide bonds. The molecule has 3 atom stereocenters. The zero-order valence-electron chi connectivity index (χ0n) is 13.2. The Hall–Kier alpha value is -2.35. The molecule has 0 aliphatic carbocycles. The van der Waals surface area contributed by atoms with Gasteiger partial charge in [0.1, 0.15) is 6.07 Å². The number of anilines is 1. The Kier molecular flexibility index (Phi) is 4.57. The van der Waals surface area contributed by atoms with Gasteiger partial charge in [0.15, 0.2) is 0 Å². The van der Waals surface area contributed by atoms with E-state index in [2.05, 4.69) is 0 Å². The summed E-state index contributed by atoms with van der Waals surface area (Å²) in [6.07, 6.45) is -0.266. The van der Waals surface area contributed by atoms with E-state index in [0.717, 1.165) is 5.56 Å². The van der Waals surface area contributed by atoms with Crippen molar-refractivity contribution in [2.24, 2.45) is 5.92 Å². The molecule has 1 fully saturated rings. The van der Waals surface area contributed by atoms with Gasteiger partial charge in [0.05, 0.1) is 28.6 Å². The van der Waals surface area contributed by atoms with E-state index in [-0.39, 0.29) is 11.9 Å². The maximum Gasteiger partial charge on any atom is 0.233 e. The van der Waals surface area contributed by atoms with Crippen LogP contribution in [-0.2, 0) is 11.2 Å². The lowest BCUT2D eigenvalue weighted by molar-refractivity contribution is -0.121. The van der Waals surface area contributed by atoms with Crippen LogP contribution in [0.4, 0.5) is 5.69 Å². The molecule has 122 valence electrons. The van der Waals surface area contributed by atoms with Crippen LogP contribution in [0.3, 0.4) is 0 Å². The molecule has 1 saturated heterocycles. The van der Waals surface area contributed by atoms with Crippen LogP contribution in [0.1, 0.15) is 18.1 Å². The molecule has 1 aliphatic rings. The van der Waals surface area contributed by atoms with Crippen LogP contribution in [-0.4, -0.2) is 23.2 Å². The quantitative estimate of drug-likeness (QED) is 0.933. The first-order chi connectivity index (χ1) is 11.5. The fraction of sp³-hybridized carbons (Fsp3) is 0.263. The van der Waals surface area contributed by atoms with E-state index in [0.29, 0.717) is 22.7 Å². The fourth-order valence-electron chi connectivity index (χ4n) is 3.20. The van der Waals surface area contributed by atoms with Gasteiger partial charge in [-0.1, -0.05) is 41.9 Å². The summed E-state index contributed by atoms with van der Waals surface area (Å²) in [7, 11) is 0. The highest BCUT2D eigenvalue weighted by Gasteiger charge is 2.45. The number of hydrogen-bond acceptors (Lipinski definition) is 3. The molecule has 0 radical (unpaired) electrons. The van der Waals surface area contributed by atoms with Gasteiger partial charge in [-0.15, -0.1) is 0 Å². The second kappa shape index (κ2) is 6.64. The lowest BCUT2D eigenvalue weighted by Crippen LogP contribution is -2.34. The number of hydrogen-bond donors (Lipinski definition) is 1. The Labute approximate surface area is 145 Å². The van der Waals surface area contributed by atoms with Gasteiger partial charge in [0.2, 0.25) is 5.91 Å². The average Bonchev–Trinajstić information content (AvgIpc) is 2.79. The van der Waals surface area contributed by atoms with E-state index >= 15 is 0 Å². The molecule has 1 N–H and O–H groups in total. The zero-order valence-corrected chi connectivity index (χ0v) is 13.9. The fourth-order valence-corrected chi connectivity index (χ4v) is 3.41. The van der Waals surface area contributed by atoms with Gasteiger partial charge in [-0.05, 0) is 37.1 Å². The number of aliphatic hydroxyl groups excluding tert-OH is 1. The number of nitrogens with zero attached hydrogens (tertiary/aromatic N) is 2. The third-order valence-electron chi connectivity index (χ3n) is 4.52. The highest BCUT2D eigenvalue weighted by atomic mass is 35.5. The van der Waals surface area contributed by atoms with E-state index < -0.39 is 12.0 Å². The van der Waals surface area contributed by atoms with Crippen molar-refractivity contribution in [3.63, 3.8) is 0 Å². The van der Waals surface area contributed by atoms with Crippen LogP contribution < -0.4 is 4.90 Å². The van der Waals surface area contributed by atoms with Crippen LogP contribution in [0.15, 0.2) is 48.5 Å². The molecular formula is C19H17ClN2O2. The van der Waals surface area contributed by atoms with Gasteiger partial charge in [-0.3, -0.25) is 4.79 Å². The number of carbonyl (C=O) groups excluding carboxylic acids is 1. The molecular weight excluding hydrogens is 324 g/mol. The monoisotopic (exact) mass is 340 g/mol. The summed E-state index contributed by atoms with van der Waals surface area (Å²) >= 11 is 6.08. The second-order valence-electron chi connectivity index (χ2n) is 6.01. The van der Waals surface area contributed by atoms with Gasteiger partial charge in [-0.25, -0.2) is 0 Å². The maximum absolute atomic E-state index is 12.9. The standard InChI is InChI=1S/C19H17ClN2O2/c1-12-18(23)16(9-13-5-3-2-4-6-13)19(24)22(12)15-8-7-14(11-21)17(20)10-15/h2-8,10,12,16,18,23H,9H2,1H3/t12-,16-,18+/m0/s1. The number of benzene rings is 2. The van der Waals surface area contributed by atoms with Crippen molar-refractivity contribution in [1.29, 1.82) is 5.26 Å². The van der Waals surface area contributed by atoms with Crippen LogP contribution >= 0.6 is 11.6 Å². The summed E-state index contributed by atoms with van der Waals surface area (Å²) in [5, 5.41) is 19.8. The van der Waals surface area contributed by atoms with Gasteiger partial charge in [-0.2, -0.15) is 5.26 Å². The Morgan fingerprint density at radius 2 is 1.96 bits per heavy atom. The van der Waals surface area contributed by atoms with Crippen molar-refractivity contribution in [1.82, 2.24) is 0 Å². The largest absolute Gasteiger partial charge is 0.390 e. The molecule has 2 aromatic rings. The number of aliphatic hydroxyl groups is 1. The summed E-state index contributed by atoms with van der Waals surface area (Å²) in [4.78, 5) is 14.4. The Morgan fingerprint density at radius 1 is 1.25 bits per heavy atom. The molecule has 0 spiro atoms. The van der Waals surface area contributed by atoms with Gasteiger partial charge in [0, 0.05) is 5.69 Å². The minimum atomic E-state index is -0.757. The first-order valence-corrected chi connectivity index (χ1v) is 8.15. The normalized spacial score (nSPS) is 23.3. The topological polar surface area (TPSA) is 64.3 Å². The molecule has 0 unspecified atom stereocenters. The van der Waals surface area contributed by atoms with Crippen molar-refractivity contribution < 1.29 is 9.90 Å². The van der Waals surface area contributed by atoms with Crippen LogP contribution in [0, 0.1) is 17.2 Å². The van der Waals surface area contributed by atoms with Gasteiger partial charge in [0.25, 0.3) is 0 Å². The van der Waals surface area contributed by atoms with Crippen LogP contribution in [0.25, 0.3) is 0 Å². The van der Waals surface area contributed by atoms with Crippen molar-refractivity contribution in [2.45, 2.75) is 25.5 Å². The van der Waals surface area contributed by atoms with Crippen LogP contribution in [0.2, 0.25) is 5.02 Å². The summed E-state index contributed by atoms with van der Waals surface area (Å²) in [5.41, 5.74) is 1.98. The summed E-state index contributed by atoms with van der Waals surface area (Å²) in [6.45, 7) is 1.82. The Bertz CT molecular complexity index is 801. The third-order valence-corrected chi connectivity index (χ3v) is 4.83. The Balaban J connectivity index is 1.89. The highest BCUT2D eigenvalue weighted by Crippen LogP contribution is 2.34. The number of carbonyl (C=O) groups is 1. The third kappa shape index (κ3) is 2.89. The molecule has 5 heteroatoms. The molecule has 2 aromatic carbocycles. The van der Waals surface area contributed by atoms with E-state index in [1.807, 2.05) is 43.3 Å². The van der Waals surface area contributed by atoms with Crippen LogP contribution in [0.5, 0.6) is 0 Å². The zero-order chi connectivity index (χ0) is 17.3. The SMILES string of the molecule is C[C@H]1[C@@H](O)[C@H](Cc2ccccc2)C(=O)N1c1ccc(C#N)c(Cl)c1. The smallest absolute Gasteiger partial charge is 0.233 e. The lowest BCUT2D eigenvalue weighted by atomic mass is 9.94.